The van der Waals surface area contributed by atoms with Crippen molar-refractivity contribution in [3.8, 4) is 0 Å². The van der Waals surface area contributed by atoms with Gasteiger partial charge in [0.2, 0.25) is 11.8 Å². The Morgan fingerprint density at radius 1 is 1.60 bits per heavy atom. The predicted octanol–water partition coefficient (Wildman–Crippen LogP) is 0.475. The van der Waals surface area contributed by atoms with E-state index in [1.165, 1.54) is 11.9 Å². The van der Waals surface area contributed by atoms with Gasteiger partial charge in [0.15, 0.2) is 0 Å². The minimum atomic E-state index is -0.295. The number of likely N-dealkylation sites (tertiary alicyclic amines) is 1. The molecule has 1 saturated heterocycles. The molecule has 0 aromatic heterocycles. The highest BCUT2D eigenvalue weighted by Gasteiger charge is 2.35. The van der Waals surface area contributed by atoms with Crippen LogP contribution in [0.2, 0.25) is 0 Å². The minimum absolute atomic E-state index is 0.0876. The maximum absolute atomic E-state index is 11.5. The van der Waals surface area contributed by atoms with Gasteiger partial charge in [-0.25, -0.2) is 0 Å². The number of carbonyl (C=O) groups is 2. The van der Waals surface area contributed by atoms with Crippen molar-refractivity contribution in [3.63, 3.8) is 0 Å². The molecule has 5 heteroatoms. The molecule has 2 unspecified atom stereocenters. The van der Waals surface area contributed by atoms with Crippen LogP contribution in [0.15, 0.2) is 0 Å². The maximum Gasteiger partial charge on any atom is 0.246 e. The number of carbonyl (C=O) groups excluding carboxylic acids is 2. The third kappa shape index (κ3) is 3.21. The van der Waals surface area contributed by atoms with Gasteiger partial charge >= 0.3 is 0 Å². The number of likely N-dealkylation sites (N-methyl/N-ethyl adjacent to an activating group) is 1. The number of hydrogen-bond donors (Lipinski definition) is 1. The molecule has 2 amide bonds. The van der Waals surface area contributed by atoms with Crippen molar-refractivity contribution < 1.29 is 9.59 Å². The van der Waals surface area contributed by atoms with Gasteiger partial charge < -0.3 is 5.32 Å². The number of rotatable bonds is 5. The van der Waals surface area contributed by atoms with E-state index in [0.717, 1.165) is 13.0 Å². The Morgan fingerprint density at radius 2 is 2.27 bits per heavy atom. The van der Waals surface area contributed by atoms with Crippen LogP contribution in [0.1, 0.15) is 19.8 Å². The molecule has 0 bridgehead atoms. The summed E-state index contributed by atoms with van der Waals surface area (Å²) in [6, 6.07) is -0.295. The van der Waals surface area contributed by atoms with Crippen molar-refractivity contribution in [1.82, 2.24) is 10.2 Å². The smallest absolute Gasteiger partial charge is 0.246 e. The normalized spacial score (nSPS) is 23.7. The van der Waals surface area contributed by atoms with Crippen molar-refractivity contribution in [3.05, 3.63) is 0 Å². The van der Waals surface area contributed by atoms with Gasteiger partial charge in [0.05, 0.1) is 12.5 Å². The van der Waals surface area contributed by atoms with Crippen LogP contribution in [-0.2, 0) is 9.59 Å². The van der Waals surface area contributed by atoms with E-state index in [0.29, 0.717) is 11.7 Å². The number of nitrogens with zero attached hydrogens (tertiary/aromatic N) is 1. The van der Waals surface area contributed by atoms with Crippen LogP contribution in [0.5, 0.6) is 0 Å². The quantitative estimate of drug-likeness (QED) is 0.698. The number of amides is 2. The summed E-state index contributed by atoms with van der Waals surface area (Å²) in [5, 5.41) is 3.72. The highest BCUT2D eigenvalue weighted by atomic mass is 32.2. The molecule has 2 atom stereocenters. The zero-order valence-electron chi connectivity index (χ0n) is 9.45. The lowest BCUT2D eigenvalue weighted by atomic mass is 10.2. The zero-order valence-corrected chi connectivity index (χ0v) is 10.3. The SMILES string of the molecule is CSC(C)CCNC1CC(=O)N(C)C1=O. The summed E-state index contributed by atoms with van der Waals surface area (Å²) in [6.07, 6.45) is 3.40. The van der Waals surface area contributed by atoms with Gasteiger partial charge in [0.25, 0.3) is 0 Å². The largest absolute Gasteiger partial charge is 0.305 e. The molecule has 1 N–H and O–H groups in total. The van der Waals surface area contributed by atoms with Gasteiger partial charge in [0.1, 0.15) is 0 Å². The van der Waals surface area contributed by atoms with E-state index in [9.17, 15) is 9.59 Å². The molecule has 0 aromatic rings. The summed E-state index contributed by atoms with van der Waals surface area (Å²) in [4.78, 5) is 23.9. The molecular weight excluding hydrogens is 212 g/mol. The second-order valence-electron chi connectivity index (χ2n) is 3.84. The first kappa shape index (κ1) is 12.5. The molecule has 1 heterocycles. The molecule has 1 aliphatic heterocycles. The maximum atomic E-state index is 11.5. The Kier molecular flexibility index (Phi) is 4.60. The van der Waals surface area contributed by atoms with Crippen LogP contribution in [0.3, 0.4) is 0 Å². The van der Waals surface area contributed by atoms with Gasteiger partial charge in [-0.05, 0) is 19.2 Å². The summed E-state index contributed by atoms with van der Waals surface area (Å²) < 4.78 is 0. The Balaban J connectivity index is 2.29. The first-order valence-electron chi connectivity index (χ1n) is 5.12. The molecule has 4 nitrogen and oxygen atoms in total. The average molecular weight is 230 g/mol. The highest BCUT2D eigenvalue weighted by molar-refractivity contribution is 7.99. The van der Waals surface area contributed by atoms with Gasteiger partial charge in [0, 0.05) is 12.3 Å². The van der Waals surface area contributed by atoms with Crippen molar-refractivity contribution in [2.75, 3.05) is 19.8 Å². The van der Waals surface area contributed by atoms with Crippen LogP contribution in [0.4, 0.5) is 0 Å². The van der Waals surface area contributed by atoms with E-state index in [1.807, 2.05) is 0 Å². The lowest BCUT2D eigenvalue weighted by Gasteiger charge is -2.12. The second-order valence-corrected chi connectivity index (χ2v) is 5.11. The number of nitrogens with one attached hydrogen (secondary N) is 1. The van der Waals surface area contributed by atoms with E-state index >= 15 is 0 Å². The minimum Gasteiger partial charge on any atom is -0.305 e. The molecule has 1 fully saturated rings. The van der Waals surface area contributed by atoms with Crippen molar-refractivity contribution >= 4 is 23.6 Å². The monoisotopic (exact) mass is 230 g/mol. The van der Waals surface area contributed by atoms with Gasteiger partial charge in [-0.1, -0.05) is 6.92 Å². The summed E-state index contributed by atoms with van der Waals surface area (Å²) in [6.45, 7) is 2.94. The summed E-state index contributed by atoms with van der Waals surface area (Å²) >= 11 is 1.81. The average Bonchev–Trinajstić information content (AvgIpc) is 2.46. The molecular formula is C10H18N2O2S. The molecule has 86 valence electrons. The molecule has 0 radical (unpaired) electrons. The first-order chi connectivity index (χ1) is 7.06. The lowest BCUT2D eigenvalue weighted by molar-refractivity contribution is -0.137. The topological polar surface area (TPSA) is 49.4 Å². The molecule has 0 spiro atoms. The third-order valence-electron chi connectivity index (χ3n) is 2.73. The predicted molar refractivity (Wildman–Crippen MR) is 61.8 cm³/mol. The van der Waals surface area contributed by atoms with Gasteiger partial charge in [-0.2, -0.15) is 11.8 Å². The van der Waals surface area contributed by atoms with Crippen LogP contribution in [-0.4, -0.2) is 47.9 Å². The highest BCUT2D eigenvalue weighted by Crippen LogP contribution is 2.12. The van der Waals surface area contributed by atoms with E-state index in [1.54, 1.807) is 11.8 Å². The van der Waals surface area contributed by atoms with Crippen molar-refractivity contribution in [2.45, 2.75) is 31.1 Å². The Hall–Kier alpha value is -0.550. The molecule has 0 aliphatic carbocycles. The number of hydrogen-bond acceptors (Lipinski definition) is 4. The second kappa shape index (κ2) is 5.51. The third-order valence-corrected chi connectivity index (χ3v) is 3.77. The number of thioether (sulfide) groups is 1. The summed E-state index contributed by atoms with van der Waals surface area (Å²) in [5.74, 6) is -0.188. The Labute approximate surface area is 94.8 Å². The summed E-state index contributed by atoms with van der Waals surface area (Å²) in [5.41, 5.74) is 0. The fraction of sp³-hybridized carbons (Fsp3) is 0.800. The van der Waals surface area contributed by atoms with Crippen molar-refractivity contribution in [1.29, 1.82) is 0 Å². The van der Waals surface area contributed by atoms with E-state index in [4.69, 9.17) is 0 Å². The zero-order chi connectivity index (χ0) is 11.4. The van der Waals surface area contributed by atoms with E-state index < -0.39 is 0 Å². The lowest BCUT2D eigenvalue weighted by Crippen LogP contribution is -2.38. The molecule has 1 rings (SSSR count). The van der Waals surface area contributed by atoms with Crippen LogP contribution in [0.25, 0.3) is 0 Å². The fourth-order valence-electron chi connectivity index (χ4n) is 1.49. The van der Waals surface area contributed by atoms with Crippen LogP contribution >= 0.6 is 11.8 Å². The van der Waals surface area contributed by atoms with E-state index in [2.05, 4.69) is 18.5 Å². The molecule has 1 aliphatic rings. The van der Waals surface area contributed by atoms with Gasteiger partial charge in [-0.15, -0.1) is 0 Å². The molecule has 0 aromatic carbocycles. The van der Waals surface area contributed by atoms with Crippen molar-refractivity contribution in [2.24, 2.45) is 0 Å². The molecule has 15 heavy (non-hydrogen) atoms. The van der Waals surface area contributed by atoms with Crippen LogP contribution in [0, 0.1) is 0 Å². The Morgan fingerprint density at radius 3 is 2.73 bits per heavy atom. The molecule has 0 saturated carbocycles. The number of imide groups is 1. The first-order valence-corrected chi connectivity index (χ1v) is 6.41. The standard InChI is InChI=1S/C10H18N2O2S/c1-7(15-3)4-5-11-8-6-9(13)12(2)10(8)14/h7-8,11H,4-6H2,1-3H3. The van der Waals surface area contributed by atoms with Gasteiger partial charge in [-0.3, -0.25) is 14.5 Å². The summed E-state index contributed by atoms with van der Waals surface area (Å²) in [7, 11) is 1.54. The Bertz CT molecular complexity index is 258. The van der Waals surface area contributed by atoms with Crippen LogP contribution < -0.4 is 5.32 Å². The fourth-order valence-corrected chi connectivity index (χ4v) is 1.85. The van der Waals surface area contributed by atoms with E-state index in [-0.39, 0.29) is 17.9 Å².